The Morgan fingerprint density at radius 1 is 1.22 bits per heavy atom. The van der Waals surface area contributed by atoms with Crippen molar-refractivity contribution in [1.82, 2.24) is 9.97 Å². The van der Waals surface area contributed by atoms with Crippen LogP contribution in [0.3, 0.4) is 0 Å². The number of aryl methyl sites for hydroxylation is 1. The average molecular weight is 380 g/mol. The van der Waals surface area contributed by atoms with E-state index in [9.17, 15) is 4.79 Å². The number of aromatic amines is 1. The van der Waals surface area contributed by atoms with Crippen LogP contribution in [-0.2, 0) is 22.6 Å². The Balaban J connectivity index is 1.56. The summed E-state index contributed by atoms with van der Waals surface area (Å²) in [6.07, 6.45) is 0.251. The zero-order chi connectivity index (χ0) is 18.8. The summed E-state index contributed by atoms with van der Waals surface area (Å²) in [7, 11) is 0. The molecule has 4 aromatic rings. The molecule has 0 saturated carbocycles. The van der Waals surface area contributed by atoms with Crippen LogP contribution < -0.4 is 4.74 Å². The Hall–Kier alpha value is -2.86. The van der Waals surface area contributed by atoms with Gasteiger partial charge in [-0.05, 0) is 49.7 Å². The predicted molar refractivity (Wildman–Crippen MR) is 107 cm³/mol. The maximum absolute atomic E-state index is 11.9. The lowest BCUT2D eigenvalue weighted by Crippen LogP contribution is -2.08. The first-order chi connectivity index (χ1) is 13.1. The molecule has 6 heteroatoms. The number of nitrogens with zero attached hydrogens (tertiary/aromatic N) is 1. The molecule has 0 unspecified atom stereocenters. The predicted octanol–water partition coefficient (Wildman–Crippen LogP) is 4.77. The molecule has 0 amide bonds. The maximum Gasteiger partial charge on any atom is 0.310 e. The van der Waals surface area contributed by atoms with Crippen LogP contribution in [-0.4, -0.2) is 22.5 Å². The summed E-state index contributed by atoms with van der Waals surface area (Å²) < 4.78 is 12.2. The zero-order valence-electron chi connectivity index (χ0n) is 15.2. The van der Waals surface area contributed by atoms with Gasteiger partial charge in [-0.2, -0.15) is 0 Å². The third-order valence-electron chi connectivity index (χ3n) is 4.42. The van der Waals surface area contributed by atoms with Crippen molar-refractivity contribution in [2.45, 2.75) is 26.9 Å². The first-order valence-electron chi connectivity index (χ1n) is 8.88. The molecule has 5 nitrogen and oxygen atoms in total. The molecule has 0 atom stereocenters. The molecule has 0 saturated heterocycles. The van der Waals surface area contributed by atoms with Crippen LogP contribution in [0.25, 0.3) is 21.1 Å². The van der Waals surface area contributed by atoms with Crippen LogP contribution in [0.1, 0.15) is 23.2 Å². The molecule has 27 heavy (non-hydrogen) atoms. The summed E-state index contributed by atoms with van der Waals surface area (Å²) in [5.74, 6) is 0.535. The van der Waals surface area contributed by atoms with E-state index in [1.54, 1.807) is 11.3 Å². The van der Waals surface area contributed by atoms with Gasteiger partial charge in [0.05, 0.1) is 23.2 Å². The maximum atomic E-state index is 11.9. The van der Waals surface area contributed by atoms with E-state index in [1.807, 2.05) is 50.2 Å². The molecular weight excluding hydrogens is 360 g/mol. The molecule has 0 radical (unpaired) electrons. The minimum Gasteiger partial charge on any atom is -0.486 e. The first kappa shape index (κ1) is 17.5. The quantitative estimate of drug-likeness (QED) is 0.489. The average Bonchev–Trinajstić information content (AvgIpc) is 3.21. The van der Waals surface area contributed by atoms with E-state index in [-0.39, 0.29) is 12.4 Å². The summed E-state index contributed by atoms with van der Waals surface area (Å²) in [4.78, 5) is 19.8. The highest BCUT2D eigenvalue weighted by Crippen LogP contribution is 2.28. The number of benzene rings is 2. The summed E-state index contributed by atoms with van der Waals surface area (Å²) in [5.41, 5.74) is 3.91. The first-order valence-corrected chi connectivity index (χ1v) is 9.69. The Kier molecular flexibility index (Phi) is 4.81. The summed E-state index contributed by atoms with van der Waals surface area (Å²) in [6.45, 7) is 4.59. The molecule has 4 rings (SSSR count). The van der Waals surface area contributed by atoms with Crippen molar-refractivity contribution < 1.29 is 14.3 Å². The lowest BCUT2D eigenvalue weighted by Gasteiger charge is -2.06. The molecule has 2 aromatic carbocycles. The van der Waals surface area contributed by atoms with E-state index in [1.165, 1.54) is 0 Å². The number of thiazole rings is 1. The van der Waals surface area contributed by atoms with E-state index in [0.29, 0.717) is 13.2 Å². The highest BCUT2D eigenvalue weighted by Gasteiger charge is 2.14. The molecule has 0 aliphatic carbocycles. The number of ether oxygens (including phenoxy) is 2. The fourth-order valence-corrected chi connectivity index (χ4v) is 4.04. The van der Waals surface area contributed by atoms with E-state index in [4.69, 9.17) is 9.47 Å². The van der Waals surface area contributed by atoms with Crippen molar-refractivity contribution in [3.8, 4) is 5.75 Å². The van der Waals surface area contributed by atoms with E-state index >= 15 is 0 Å². The lowest BCUT2D eigenvalue weighted by atomic mass is 10.1. The van der Waals surface area contributed by atoms with Gasteiger partial charge in [0, 0.05) is 16.6 Å². The van der Waals surface area contributed by atoms with Crippen molar-refractivity contribution in [3.05, 3.63) is 58.7 Å². The smallest absolute Gasteiger partial charge is 0.310 e. The fourth-order valence-electron chi connectivity index (χ4n) is 3.16. The second-order valence-electron chi connectivity index (χ2n) is 6.28. The number of hydrogen-bond donors (Lipinski definition) is 1. The van der Waals surface area contributed by atoms with Gasteiger partial charge in [-0.15, -0.1) is 11.3 Å². The minimum absolute atomic E-state index is 0.220. The molecular formula is C21H20N2O3S. The van der Waals surface area contributed by atoms with Crippen molar-refractivity contribution >= 4 is 38.4 Å². The van der Waals surface area contributed by atoms with Gasteiger partial charge in [0.1, 0.15) is 17.4 Å². The molecule has 0 aliphatic rings. The third-order valence-corrected chi connectivity index (χ3v) is 5.43. The number of carbonyl (C=O) groups excluding carboxylic acids is 1. The van der Waals surface area contributed by atoms with Crippen molar-refractivity contribution in [3.63, 3.8) is 0 Å². The molecule has 0 fully saturated rings. The molecule has 1 N–H and O–H groups in total. The number of carbonyl (C=O) groups is 1. The standard InChI is InChI=1S/C21H20N2O3S/c1-3-25-21(24)11-15-13(2)22-17-9-8-14(10-16(15)17)26-12-20-23-18-6-4-5-7-19(18)27-20/h4-10,22H,3,11-12H2,1-2H3. The van der Waals surface area contributed by atoms with Crippen LogP contribution in [0.2, 0.25) is 0 Å². The molecule has 2 aromatic heterocycles. The molecule has 0 spiro atoms. The van der Waals surface area contributed by atoms with Gasteiger partial charge in [-0.25, -0.2) is 4.98 Å². The third kappa shape index (κ3) is 3.66. The second-order valence-corrected chi connectivity index (χ2v) is 7.40. The fraction of sp³-hybridized carbons (Fsp3) is 0.238. The number of hydrogen-bond acceptors (Lipinski definition) is 5. The van der Waals surface area contributed by atoms with Gasteiger partial charge >= 0.3 is 5.97 Å². The van der Waals surface area contributed by atoms with Crippen molar-refractivity contribution in [2.24, 2.45) is 0 Å². The largest absolute Gasteiger partial charge is 0.486 e. The second kappa shape index (κ2) is 7.40. The van der Waals surface area contributed by atoms with Crippen LogP contribution in [0.15, 0.2) is 42.5 Å². The van der Waals surface area contributed by atoms with Crippen molar-refractivity contribution in [2.75, 3.05) is 6.61 Å². The Bertz CT molecular complexity index is 1080. The van der Waals surface area contributed by atoms with E-state index < -0.39 is 0 Å². The van der Waals surface area contributed by atoms with Crippen LogP contribution in [0.4, 0.5) is 0 Å². The summed E-state index contributed by atoms with van der Waals surface area (Å²) in [6, 6.07) is 13.9. The summed E-state index contributed by atoms with van der Waals surface area (Å²) in [5, 5.41) is 1.93. The zero-order valence-corrected chi connectivity index (χ0v) is 16.1. The Labute approximate surface area is 160 Å². The normalized spacial score (nSPS) is 11.2. The number of H-pyrrole nitrogens is 1. The molecule has 0 aliphatic heterocycles. The van der Waals surface area contributed by atoms with Crippen LogP contribution in [0, 0.1) is 6.92 Å². The molecule has 138 valence electrons. The van der Waals surface area contributed by atoms with E-state index in [0.717, 1.165) is 43.1 Å². The van der Waals surface area contributed by atoms with Crippen LogP contribution >= 0.6 is 11.3 Å². The van der Waals surface area contributed by atoms with Gasteiger partial charge in [-0.3, -0.25) is 4.79 Å². The summed E-state index contributed by atoms with van der Waals surface area (Å²) >= 11 is 1.64. The molecule has 0 bridgehead atoms. The van der Waals surface area contributed by atoms with Gasteiger partial charge in [0.25, 0.3) is 0 Å². The van der Waals surface area contributed by atoms with Gasteiger partial charge < -0.3 is 14.5 Å². The van der Waals surface area contributed by atoms with Crippen LogP contribution in [0.5, 0.6) is 5.75 Å². The SMILES string of the molecule is CCOC(=O)Cc1c(C)[nH]c2ccc(OCc3nc4ccccc4s3)cc12. The lowest BCUT2D eigenvalue weighted by molar-refractivity contribution is -0.142. The number of esters is 1. The number of rotatable bonds is 6. The van der Waals surface area contributed by atoms with Gasteiger partial charge in [0.15, 0.2) is 0 Å². The highest BCUT2D eigenvalue weighted by molar-refractivity contribution is 7.18. The number of nitrogens with one attached hydrogen (secondary N) is 1. The Morgan fingerprint density at radius 3 is 2.89 bits per heavy atom. The highest BCUT2D eigenvalue weighted by atomic mass is 32.1. The number of para-hydroxylation sites is 1. The molecule has 2 heterocycles. The topological polar surface area (TPSA) is 64.2 Å². The van der Waals surface area contributed by atoms with Crippen molar-refractivity contribution in [1.29, 1.82) is 0 Å². The number of aromatic nitrogens is 2. The monoisotopic (exact) mass is 380 g/mol. The minimum atomic E-state index is -0.220. The van der Waals surface area contributed by atoms with Gasteiger partial charge in [-0.1, -0.05) is 12.1 Å². The van der Waals surface area contributed by atoms with E-state index in [2.05, 4.69) is 16.0 Å². The Morgan fingerprint density at radius 2 is 2.07 bits per heavy atom. The number of fused-ring (bicyclic) bond motifs is 2. The van der Waals surface area contributed by atoms with Gasteiger partial charge in [0.2, 0.25) is 0 Å².